The maximum Gasteiger partial charge on any atom is 0.339 e. The summed E-state index contributed by atoms with van der Waals surface area (Å²) >= 11 is 0. The molecule has 0 aliphatic heterocycles. The highest BCUT2D eigenvalue weighted by Gasteiger charge is 2.16. The van der Waals surface area contributed by atoms with Gasteiger partial charge in [0, 0.05) is 0 Å². The minimum absolute atomic E-state index is 0.0347. The van der Waals surface area contributed by atoms with E-state index >= 15 is 0 Å². The smallest absolute Gasteiger partial charge is 0.339 e. The lowest BCUT2D eigenvalue weighted by molar-refractivity contribution is 0.0599. The number of rotatable bonds is 1. The van der Waals surface area contributed by atoms with Gasteiger partial charge in [-0.2, -0.15) is 5.26 Å². The summed E-state index contributed by atoms with van der Waals surface area (Å²) in [7, 11) is 1.18. The van der Waals surface area contributed by atoms with E-state index in [0.717, 1.165) is 0 Å². The molecule has 1 aromatic rings. The Morgan fingerprint density at radius 1 is 1.57 bits per heavy atom. The van der Waals surface area contributed by atoms with Gasteiger partial charge >= 0.3 is 5.97 Å². The molecule has 0 spiro atoms. The number of carbonyl (C=O) groups is 1. The third kappa shape index (κ3) is 1.72. The van der Waals surface area contributed by atoms with Gasteiger partial charge in [0.1, 0.15) is 17.4 Å². The van der Waals surface area contributed by atoms with E-state index in [4.69, 9.17) is 5.26 Å². The standard InChI is InChI=1S/C10H8FNO2/c1-6-3-7(10(13)14-2)8(5-12)9(11)4-6/h3-4H,1-2H3. The van der Waals surface area contributed by atoms with Gasteiger partial charge in [-0.25, -0.2) is 9.18 Å². The lowest BCUT2D eigenvalue weighted by Crippen LogP contribution is -2.06. The van der Waals surface area contributed by atoms with Crippen molar-refractivity contribution in [1.29, 1.82) is 5.26 Å². The minimum atomic E-state index is -0.704. The Hall–Kier alpha value is -1.89. The number of halogens is 1. The maximum absolute atomic E-state index is 13.2. The second kappa shape index (κ2) is 3.88. The van der Waals surface area contributed by atoms with Crippen molar-refractivity contribution >= 4 is 5.97 Å². The second-order valence-electron chi connectivity index (χ2n) is 2.77. The van der Waals surface area contributed by atoms with Gasteiger partial charge in [0.05, 0.1) is 12.7 Å². The van der Waals surface area contributed by atoms with Crippen LogP contribution in [0.5, 0.6) is 0 Å². The van der Waals surface area contributed by atoms with Gasteiger partial charge in [-0.05, 0) is 24.6 Å². The van der Waals surface area contributed by atoms with E-state index in [2.05, 4.69) is 4.74 Å². The van der Waals surface area contributed by atoms with Crippen molar-refractivity contribution in [3.63, 3.8) is 0 Å². The van der Waals surface area contributed by atoms with E-state index in [-0.39, 0.29) is 11.1 Å². The van der Waals surface area contributed by atoms with E-state index in [1.54, 1.807) is 13.0 Å². The van der Waals surface area contributed by atoms with Crippen LogP contribution in [0.25, 0.3) is 0 Å². The van der Waals surface area contributed by atoms with Crippen LogP contribution in [0.2, 0.25) is 0 Å². The van der Waals surface area contributed by atoms with Crippen molar-refractivity contribution < 1.29 is 13.9 Å². The quantitative estimate of drug-likeness (QED) is 0.639. The lowest BCUT2D eigenvalue weighted by Gasteiger charge is -2.03. The van der Waals surface area contributed by atoms with Gasteiger partial charge in [-0.1, -0.05) is 0 Å². The highest BCUT2D eigenvalue weighted by molar-refractivity contribution is 5.92. The average Bonchev–Trinajstić information content (AvgIpc) is 2.15. The normalized spacial score (nSPS) is 9.29. The van der Waals surface area contributed by atoms with Gasteiger partial charge < -0.3 is 4.74 Å². The number of benzene rings is 1. The summed E-state index contributed by atoms with van der Waals surface area (Å²) in [4.78, 5) is 11.2. The van der Waals surface area contributed by atoms with Crippen LogP contribution in [-0.4, -0.2) is 13.1 Å². The molecule has 0 amide bonds. The minimum Gasteiger partial charge on any atom is -0.465 e. The fourth-order valence-electron chi connectivity index (χ4n) is 1.13. The van der Waals surface area contributed by atoms with Crippen LogP contribution in [-0.2, 0) is 4.74 Å². The van der Waals surface area contributed by atoms with Crippen molar-refractivity contribution in [3.8, 4) is 6.07 Å². The molecular formula is C10H8FNO2. The first-order chi connectivity index (χ1) is 6.60. The summed E-state index contributed by atoms with van der Waals surface area (Å²) in [5, 5.41) is 8.64. The Bertz CT molecular complexity index is 421. The summed E-state index contributed by atoms with van der Waals surface area (Å²) in [6.45, 7) is 1.64. The maximum atomic E-state index is 13.2. The van der Waals surface area contributed by atoms with Crippen LogP contribution >= 0.6 is 0 Å². The van der Waals surface area contributed by atoms with Crippen LogP contribution < -0.4 is 0 Å². The number of ether oxygens (including phenoxy) is 1. The van der Waals surface area contributed by atoms with E-state index in [1.165, 1.54) is 19.2 Å². The Labute approximate surface area is 80.7 Å². The Balaban J connectivity index is 3.41. The summed E-state index contributed by atoms with van der Waals surface area (Å²) in [6, 6.07) is 4.25. The summed E-state index contributed by atoms with van der Waals surface area (Å²) in [5.41, 5.74) is 0.261. The predicted octanol–water partition coefficient (Wildman–Crippen LogP) is 1.79. The molecule has 0 aliphatic carbocycles. The van der Waals surface area contributed by atoms with E-state index in [1.807, 2.05) is 0 Å². The van der Waals surface area contributed by atoms with Crippen LogP contribution in [0.4, 0.5) is 4.39 Å². The van der Waals surface area contributed by atoms with Crippen LogP contribution in [0.3, 0.4) is 0 Å². The number of nitrogens with zero attached hydrogens (tertiary/aromatic N) is 1. The number of esters is 1. The molecule has 4 heteroatoms. The molecule has 1 rings (SSSR count). The first kappa shape index (κ1) is 10.2. The molecule has 0 aliphatic rings. The van der Waals surface area contributed by atoms with Gasteiger partial charge in [0.25, 0.3) is 0 Å². The van der Waals surface area contributed by atoms with Crippen molar-refractivity contribution in [2.45, 2.75) is 6.92 Å². The molecule has 1 aromatic carbocycles. The lowest BCUT2D eigenvalue weighted by atomic mass is 10.0. The number of carbonyl (C=O) groups excluding carboxylic acids is 1. The molecule has 0 fully saturated rings. The Morgan fingerprint density at radius 3 is 2.71 bits per heavy atom. The van der Waals surface area contributed by atoms with E-state index in [9.17, 15) is 9.18 Å². The first-order valence-electron chi connectivity index (χ1n) is 3.88. The molecule has 0 heterocycles. The van der Waals surface area contributed by atoms with Gasteiger partial charge in [0.2, 0.25) is 0 Å². The number of nitriles is 1. The molecule has 0 atom stereocenters. The predicted molar refractivity (Wildman–Crippen MR) is 47.2 cm³/mol. The van der Waals surface area contributed by atoms with Gasteiger partial charge in [-0.15, -0.1) is 0 Å². The molecule has 72 valence electrons. The second-order valence-corrected chi connectivity index (χ2v) is 2.77. The summed E-state index contributed by atoms with van der Waals surface area (Å²) in [6.07, 6.45) is 0. The van der Waals surface area contributed by atoms with E-state index in [0.29, 0.717) is 5.56 Å². The van der Waals surface area contributed by atoms with E-state index < -0.39 is 11.8 Å². The molecule has 14 heavy (non-hydrogen) atoms. The molecule has 0 N–H and O–H groups in total. The van der Waals surface area contributed by atoms with Gasteiger partial charge in [0.15, 0.2) is 0 Å². The number of methoxy groups -OCH3 is 1. The molecule has 0 bridgehead atoms. The third-order valence-corrected chi connectivity index (χ3v) is 1.75. The molecule has 3 nitrogen and oxygen atoms in total. The van der Waals surface area contributed by atoms with Crippen molar-refractivity contribution in [2.75, 3.05) is 7.11 Å². The molecule has 0 saturated heterocycles. The van der Waals surface area contributed by atoms with Crippen LogP contribution in [0.15, 0.2) is 12.1 Å². The highest BCUT2D eigenvalue weighted by Crippen LogP contribution is 2.16. The fourth-order valence-corrected chi connectivity index (χ4v) is 1.13. The SMILES string of the molecule is COC(=O)c1cc(C)cc(F)c1C#N. The Morgan fingerprint density at radius 2 is 2.21 bits per heavy atom. The Kier molecular flexibility index (Phi) is 2.82. The zero-order valence-corrected chi connectivity index (χ0v) is 7.80. The number of hydrogen-bond donors (Lipinski definition) is 0. The number of aryl methyl sites for hydroxylation is 1. The summed E-state index contributed by atoms with van der Waals surface area (Å²) < 4.78 is 17.6. The highest BCUT2D eigenvalue weighted by atomic mass is 19.1. The number of hydrogen-bond acceptors (Lipinski definition) is 3. The average molecular weight is 193 g/mol. The topological polar surface area (TPSA) is 50.1 Å². The summed E-state index contributed by atoms with van der Waals surface area (Å²) in [5.74, 6) is -1.41. The van der Waals surface area contributed by atoms with Crippen LogP contribution in [0, 0.1) is 24.1 Å². The molecule has 0 radical (unpaired) electrons. The molecule has 0 aromatic heterocycles. The van der Waals surface area contributed by atoms with Crippen molar-refractivity contribution in [1.82, 2.24) is 0 Å². The molecule has 0 unspecified atom stereocenters. The van der Waals surface area contributed by atoms with Gasteiger partial charge in [-0.3, -0.25) is 0 Å². The van der Waals surface area contributed by atoms with Crippen molar-refractivity contribution in [2.24, 2.45) is 0 Å². The third-order valence-electron chi connectivity index (χ3n) is 1.75. The zero-order valence-electron chi connectivity index (χ0n) is 7.80. The fraction of sp³-hybridized carbons (Fsp3) is 0.200. The monoisotopic (exact) mass is 193 g/mol. The van der Waals surface area contributed by atoms with Crippen LogP contribution in [0.1, 0.15) is 21.5 Å². The largest absolute Gasteiger partial charge is 0.465 e. The first-order valence-corrected chi connectivity index (χ1v) is 3.88. The molecular weight excluding hydrogens is 185 g/mol. The van der Waals surface area contributed by atoms with Crippen molar-refractivity contribution in [3.05, 3.63) is 34.6 Å². The zero-order chi connectivity index (χ0) is 10.7. The molecule has 0 saturated carbocycles.